The van der Waals surface area contributed by atoms with Gasteiger partial charge in [0, 0.05) is 18.7 Å². The number of amides is 1. The van der Waals surface area contributed by atoms with Crippen molar-refractivity contribution in [1.29, 1.82) is 0 Å². The molecule has 0 bridgehead atoms. The molecule has 1 aromatic carbocycles. The van der Waals surface area contributed by atoms with E-state index in [9.17, 15) is 4.79 Å². The lowest BCUT2D eigenvalue weighted by Crippen LogP contribution is -2.44. The molecule has 0 aromatic heterocycles. The van der Waals surface area contributed by atoms with Crippen molar-refractivity contribution in [2.75, 3.05) is 42.3 Å². The summed E-state index contributed by atoms with van der Waals surface area (Å²) in [6, 6.07) is 3.91. The predicted octanol–water partition coefficient (Wildman–Crippen LogP) is 0.825. The number of fused-ring (bicyclic) bond motifs is 1. The van der Waals surface area contributed by atoms with Gasteiger partial charge in [0.2, 0.25) is 0 Å². The monoisotopic (exact) mass is 263 g/mol. The third-order valence-corrected chi connectivity index (χ3v) is 3.44. The molecule has 1 fully saturated rings. The Hall–Kier alpha value is -1.95. The first-order valence-corrected chi connectivity index (χ1v) is 6.35. The molecule has 2 heterocycles. The zero-order valence-corrected chi connectivity index (χ0v) is 10.8. The molecule has 0 saturated carbocycles. The lowest BCUT2D eigenvalue weighted by Gasteiger charge is -2.36. The summed E-state index contributed by atoms with van der Waals surface area (Å²) in [5.74, 6) is 0.486. The molecule has 0 radical (unpaired) electrons. The molecule has 102 valence electrons. The number of ether oxygens (including phenoxy) is 2. The summed E-state index contributed by atoms with van der Waals surface area (Å²) in [7, 11) is 0. The van der Waals surface area contributed by atoms with E-state index >= 15 is 0 Å². The molecular formula is C13H17N3O3. The maximum atomic E-state index is 11.4. The third-order valence-electron chi connectivity index (χ3n) is 3.44. The molecule has 1 saturated heterocycles. The molecule has 6 heteroatoms. The molecular weight excluding hydrogens is 246 g/mol. The first kappa shape index (κ1) is 12.1. The van der Waals surface area contributed by atoms with Crippen molar-refractivity contribution in [3.63, 3.8) is 0 Å². The van der Waals surface area contributed by atoms with Gasteiger partial charge in [-0.3, -0.25) is 4.79 Å². The third kappa shape index (κ3) is 2.19. The average Bonchev–Trinajstić information content (AvgIpc) is 2.39. The highest BCUT2D eigenvalue weighted by Crippen LogP contribution is 2.37. The van der Waals surface area contributed by atoms with Crippen LogP contribution in [0.15, 0.2) is 12.1 Å². The van der Waals surface area contributed by atoms with E-state index in [4.69, 9.17) is 15.2 Å². The molecule has 2 aliphatic rings. The molecule has 0 spiro atoms. The van der Waals surface area contributed by atoms with E-state index in [0.29, 0.717) is 30.3 Å². The van der Waals surface area contributed by atoms with E-state index in [0.717, 1.165) is 12.2 Å². The van der Waals surface area contributed by atoms with Crippen LogP contribution in [0.1, 0.15) is 6.92 Å². The zero-order valence-electron chi connectivity index (χ0n) is 10.8. The largest absolute Gasteiger partial charge is 0.482 e. The van der Waals surface area contributed by atoms with Gasteiger partial charge in [-0.2, -0.15) is 0 Å². The van der Waals surface area contributed by atoms with Crippen LogP contribution in [0.25, 0.3) is 0 Å². The number of carbonyl (C=O) groups is 1. The summed E-state index contributed by atoms with van der Waals surface area (Å²) in [5.41, 5.74) is 8.35. The fraction of sp³-hybridized carbons (Fsp3) is 0.462. The number of nitrogen functional groups attached to an aromatic ring is 1. The van der Waals surface area contributed by atoms with E-state index in [2.05, 4.69) is 17.1 Å². The van der Waals surface area contributed by atoms with E-state index in [1.807, 2.05) is 6.07 Å². The van der Waals surface area contributed by atoms with Crippen molar-refractivity contribution < 1.29 is 14.3 Å². The van der Waals surface area contributed by atoms with E-state index < -0.39 is 0 Å². The highest BCUT2D eigenvalue weighted by molar-refractivity contribution is 5.97. The van der Waals surface area contributed by atoms with Crippen LogP contribution in [0.2, 0.25) is 0 Å². The molecule has 1 atom stereocenters. The Balaban J connectivity index is 1.97. The smallest absolute Gasteiger partial charge is 0.262 e. The van der Waals surface area contributed by atoms with Gasteiger partial charge in [0.05, 0.1) is 30.3 Å². The number of carbonyl (C=O) groups excluding carboxylic acids is 1. The number of benzene rings is 1. The number of nitrogens with zero attached hydrogens (tertiary/aromatic N) is 1. The standard InChI is InChI=1S/C13H17N3O3/c1-8-6-18-3-2-16(8)11-5-10-12(4-9(11)14)19-7-13(17)15-10/h4-5,8H,2-3,6-7,14H2,1H3,(H,15,17). The minimum absolute atomic E-state index is 0.0414. The molecule has 6 nitrogen and oxygen atoms in total. The van der Waals surface area contributed by atoms with Crippen molar-refractivity contribution in [1.82, 2.24) is 0 Å². The predicted molar refractivity (Wildman–Crippen MR) is 72.6 cm³/mol. The Kier molecular flexibility index (Phi) is 2.94. The van der Waals surface area contributed by atoms with Crippen molar-refractivity contribution in [2.24, 2.45) is 0 Å². The van der Waals surface area contributed by atoms with Crippen LogP contribution in [0.4, 0.5) is 17.1 Å². The Labute approximate surface area is 111 Å². The van der Waals surface area contributed by atoms with Gasteiger partial charge in [-0.05, 0) is 13.0 Å². The molecule has 0 aliphatic carbocycles. The fourth-order valence-corrected chi connectivity index (χ4v) is 2.46. The Bertz CT molecular complexity index is 518. The Morgan fingerprint density at radius 1 is 1.47 bits per heavy atom. The van der Waals surface area contributed by atoms with Crippen molar-refractivity contribution in [2.45, 2.75) is 13.0 Å². The molecule has 19 heavy (non-hydrogen) atoms. The number of nitrogens with one attached hydrogen (secondary N) is 1. The second kappa shape index (κ2) is 4.62. The molecule has 3 rings (SSSR count). The van der Waals surface area contributed by atoms with Gasteiger partial charge < -0.3 is 25.4 Å². The van der Waals surface area contributed by atoms with Gasteiger partial charge in [-0.1, -0.05) is 0 Å². The average molecular weight is 263 g/mol. The summed E-state index contributed by atoms with van der Waals surface area (Å²) in [6.45, 7) is 4.29. The lowest BCUT2D eigenvalue weighted by molar-refractivity contribution is -0.118. The normalized spacial score (nSPS) is 22.5. The molecule has 2 aliphatic heterocycles. The van der Waals surface area contributed by atoms with Crippen LogP contribution >= 0.6 is 0 Å². The van der Waals surface area contributed by atoms with Gasteiger partial charge in [-0.15, -0.1) is 0 Å². The maximum absolute atomic E-state index is 11.4. The van der Waals surface area contributed by atoms with Crippen LogP contribution in [0.3, 0.4) is 0 Å². The van der Waals surface area contributed by atoms with Crippen molar-refractivity contribution >= 4 is 23.0 Å². The van der Waals surface area contributed by atoms with E-state index in [1.54, 1.807) is 6.07 Å². The van der Waals surface area contributed by atoms with Gasteiger partial charge in [0.15, 0.2) is 6.61 Å². The van der Waals surface area contributed by atoms with Crippen molar-refractivity contribution in [3.8, 4) is 5.75 Å². The molecule has 3 N–H and O–H groups in total. The quantitative estimate of drug-likeness (QED) is 0.734. The minimum Gasteiger partial charge on any atom is -0.482 e. The van der Waals surface area contributed by atoms with Crippen LogP contribution < -0.4 is 20.7 Å². The number of hydrogen-bond acceptors (Lipinski definition) is 5. The zero-order chi connectivity index (χ0) is 13.4. The van der Waals surface area contributed by atoms with Crippen LogP contribution in [0, 0.1) is 0 Å². The number of hydrogen-bond donors (Lipinski definition) is 2. The van der Waals surface area contributed by atoms with Crippen LogP contribution in [0.5, 0.6) is 5.75 Å². The second-order valence-electron chi connectivity index (χ2n) is 4.86. The van der Waals surface area contributed by atoms with Gasteiger partial charge in [-0.25, -0.2) is 0 Å². The summed E-state index contributed by atoms with van der Waals surface area (Å²) in [6.07, 6.45) is 0. The summed E-state index contributed by atoms with van der Waals surface area (Å²) in [4.78, 5) is 13.6. The van der Waals surface area contributed by atoms with Gasteiger partial charge in [0.1, 0.15) is 5.75 Å². The van der Waals surface area contributed by atoms with E-state index in [1.165, 1.54) is 0 Å². The first-order chi connectivity index (χ1) is 9.15. The summed E-state index contributed by atoms with van der Waals surface area (Å²) in [5, 5.41) is 2.80. The summed E-state index contributed by atoms with van der Waals surface area (Å²) < 4.78 is 10.8. The highest BCUT2D eigenvalue weighted by Gasteiger charge is 2.24. The summed E-state index contributed by atoms with van der Waals surface area (Å²) >= 11 is 0. The van der Waals surface area contributed by atoms with Crippen molar-refractivity contribution in [3.05, 3.63) is 12.1 Å². The molecule has 1 unspecified atom stereocenters. The molecule has 1 amide bonds. The number of morpholine rings is 1. The van der Waals surface area contributed by atoms with E-state index in [-0.39, 0.29) is 18.6 Å². The number of rotatable bonds is 1. The Morgan fingerprint density at radius 2 is 2.32 bits per heavy atom. The highest BCUT2D eigenvalue weighted by atomic mass is 16.5. The topological polar surface area (TPSA) is 76.8 Å². The van der Waals surface area contributed by atoms with Crippen LogP contribution in [-0.4, -0.2) is 38.3 Å². The van der Waals surface area contributed by atoms with Gasteiger partial charge >= 0.3 is 0 Å². The number of anilines is 3. The van der Waals surface area contributed by atoms with Crippen LogP contribution in [-0.2, 0) is 9.53 Å². The lowest BCUT2D eigenvalue weighted by atomic mass is 10.1. The SMILES string of the molecule is CC1COCCN1c1cc2c(cc1N)OCC(=O)N2. The number of nitrogens with two attached hydrogens (primary N) is 1. The molecule has 1 aromatic rings. The Morgan fingerprint density at radius 3 is 3.11 bits per heavy atom. The first-order valence-electron chi connectivity index (χ1n) is 6.35. The second-order valence-corrected chi connectivity index (χ2v) is 4.86. The minimum atomic E-state index is -0.141. The van der Waals surface area contributed by atoms with Gasteiger partial charge in [0.25, 0.3) is 5.91 Å². The fourth-order valence-electron chi connectivity index (χ4n) is 2.46. The maximum Gasteiger partial charge on any atom is 0.262 e.